The minimum atomic E-state index is 0.0176. The van der Waals surface area contributed by atoms with Gasteiger partial charge in [0, 0.05) is 27.4 Å². The third kappa shape index (κ3) is 5.75. The van der Waals surface area contributed by atoms with Gasteiger partial charge < -0.3 is 5.32 Å². The second-order valence-electron chi connectivity index (χ2n) is 7.60. The first-order valence-electron chi connectivity index (χ1n) is 10.3. The quantitative estimate of drug-likeness (QED) is 0.439. The number of nitrogens with one attached hydrogen (secondary N) is 1. The summed E-state index contributed by atoms with van der Waals surface area (Å²) in [5.74, 6) is 0.139. The van der Waals surface area contributed by atoms with Crippen LogP contribution in [-0.2, 0) is 11.3 Å². The number of amides is 1. The number of rotatable bonds is 6. The van der Waals surface area contributed by atoms with Gasteiger partial charge in [-0.3, -0.25) is 9.69 Å². The molecule has 154 valence electrons. The van der Waals surface area contributed by atoms with Crippen molar-refractivity contribution in [2.45, 2.75) is 29.2 Å². The second-order valence-corrected chi connectivity index (χ2v) is 9.63. The Morgan fingerprint density at radius 3 is 2.53 bits per heavy atom. The molecule has 30 heavy (non-hydrogen) atoms. The van der Waals surface area contributed by atoms with Gasteiger partial charge in [-0.15, -0.1) is 0 Å². The molecule has 1 unspecified atom stereocenters. The van der Waals surface area contributed by atoms with Crippen molar-refractivity contribution in [2.75, 3.05) is 18.4 Å². The lowest BCUT2D eigenvalue weighted by molar-refractivity contribution is -0.121. The summed E-state index contributed by atoms with van der Waals surface area (Å²) in [6, 6.07) is 26.7. The first kappa shape index (κ1) is 21.2. The van der Waals surface area contributed by atoms with Crippen molar-refractivity contribution in [1.29, 1.82) is 0 Å². The molecule has 3 nitrogen and oxygen atoms in total. The van der Waals surface area contributed by atoms with E-state index in [9.17, 15) is 4.79 Å². The van der Waals surface area contributed by atoms with Crippen LogP contribution < -0.4 is 5.32 Å². The van der Waals surface area contributed by atoms with Gasteiger partial charge in [0.05, 0.1) is 11.6 Å². The molecule has 1 fully saturated rings. The number of halogens is 1. The molecule has 5 heteroatoms. The number of likely N-dealkylation sites (tertiary alicyclic amines) is 1. The molecule has 3 aromatic rings. The van der Waals surface area contributed by atoms with Crippen LogP contribution in [0.5, 0.6) is 0 Å². The number of hydrogen-bond acceptors (Lipinski definition) is 3. The van der Waals surface area contributed by atoms with Crippen LogP contribution in [0.4, 0.5) is 5.69 Å². The number of hydrogen-bond donors (Lipinski definition) is 1. The summed E-state index contributed by atoms with van der Waals surface area (Å²) in [4.78, 5) is 17.7. The Bertz CT molecular complexity index is 978. The highest BCUT2D eigenvalue weighted by Crippen LogP contribution is 2.33. The Kier molecular flexibility index (Phi) is 7.26. The molecule has 3 aromatic carbocycles. The lowest BCUT2D eigenvalue weighted by Crippen LogP contribution is -2.40. The topological polar surface area (TPSA) is 32.3 Å². The molecule has 0 aliphatic carbocycles. The van der Waals surface area contributed by atoms with Gasteiger partial charge in [0.2, 0.25) is 5.91 Å². The Hall–Kier alpha value is -2.08. The average Bonchev–Trinajstić information content (AvgIpc) is 2.78. The van der Waals surface area contributed by atoms with E-state index in [0.717, 1.165) is 52.4 Å². The summed E-state index contributed by atoms with van der Waals surface area (Å²) >= 11 is 5.17. The first-order chi connectivity index (χ1) is 14.7. The minimum Gasteiger partial charge on any atom is -0.325 e. The van der Waals surface area contributed by atoms with Crippen LogP contribution in [0.25, 0.3) is 0 Å². The maximum Gasteiger partial charge on any atom is 0.228 e. The van der Waals surface area contributed by atoms with Crippen molar-refractivity contribution in [2.24, 2.45) is 5.92 Å². The van der Waals surface area contributed by atoms with E-state index in [4.69, 9.17) is 0 Å². The van der Waals surface area contributed by atoms with Crippen LogP contribution in [-0.4, -0.2) is 23.9 Å². The molecular weight excluding hydrogens is 456 g/mol. The summed E-state index contributed by atoms with van der Waals surface area (Å²) in [7, 11) is 0. The van der Waals surface area contributed by atoms with Gasteiger partial charge in [-0.05, 0) is 61.3 Å². The number of piperidine rings is 1. The highest BCUT2D eigenvalue weighted by atomic mass is 79.9. The van der Waals surface area contributed by atoms with E-state index >= 15 is 0 Å². The zero-order chi connectivity index (χ0) is 20.8. The van der Waals surface area contributed by atoms with E-state index in [0.29, 0.717) is 0 Å². The number of benzene rings is 3. The number of nitrogens with zero attached hydrogens (tertiary/aromatic N) is 1. The highest BCUT2D eigenvalue weighted by Gasteiger charge is 2.26. The van der Waals surface area contributed by atoms with Crippen molar-refractivity contribution in [3.05, 3.63) is 88.9 Å². The molecular formula is C25H25BrN2OS. The molecule has 1 aliphatic rings. The fraction of sp³-hybridized carbons (Fsp3) is 0.240. The molecule has 0 saturated carbocycles. The van der Waals surface area contributed by atoms with Crippen LogP contribution in [0.2, 0.25) is 0 Å². The predicted octanol–water partition coefficient (Wildman–Crippen LogP) is 6.45. The van der Waals surface area contributed by atoms with E-state index in [2.05, 4.69) is 68.6 Å². The standard InChI is InChI=1S/C25H25BrN2OS/c26-21-14-12-19(13-15-21)17-28-16-6-7-20(18-28)25(29)27-23-10-4-5-11-24(23)30-22-8-2-1-3-9-22/h1-5,8-15,20H,6-7,16-18H2,(H,27,29). The molecule has 1 N–H and O–H groups in total. The van der Waals surface area contributed by atoms with Gasteiger partial charge in [-0.2, -0.15) is 0 Å². The molecule has 0 bridgehead atoms. The van der Waals surface area contributed by atoms with Crippen LogP contribution >= 0.6 is 27.7 Å². The number of anilines is 1. The van der Waals surface area contributed by atoms with Gasteiger partial charge in [-0.25, -0.2) is 0 Å². The molecule has 4 rings (SSSR count). The SMILES string of the molecule is O=C(Nc1ccccc1Sc1ccccc1)C1CCCN(Cc2ccc(Br)cc2)C1. The summed E-state index contributed by atoms with van der Waals surface area (Å²) in [6.07, 6.45) is 1.99. The fourth-order valence-electron chi connectivity index (χ4n) is 3.77. The van der Waals surface area contributed by atoms with Gasteiger partial charge in [-0.1, -0.05) is 70.2 Å². The molecule has 0 radical (unpaired) electrons. The third-order valence-electron chi connectivity index (χ3n) is 5.31. The van der Waals surface area contributed by atoms with E-state index in [1.54, 1.807) is 11.8 Å². The molecule has 1 heterocycles. The molecule has 1 aliphatic heterocycles. The summed E-state index contributed by atoms with van der Waals surface area (Å²) in [5, 5.41) is 3.20. The third-order valence-corrected chi connectivity index (χ3v) is 6.92. The smallest absolute Gasteiger partial charge is 0.228 e. The lowest BCUT2D eigenvalue weighted by atomic mass is 9.96. The van der Waals surface area contributed by atoms with E-state index in [1.165, 1.54) is 5.56 Å². The molecule has 1 amide bonds. The van der Waals surface area contributed by atoms with Crippen molar-refractivity contribution >= 4 is 39.3 Å². The van der Waals surface area contributed by atoms with Crippen molar-refractivity contribution in [3.63, 3.8) is 0 Å². The predicted molar refractivity (Wildman–Crippen MR) is 128 cm³/mol. The summed E-state index contributed by atoms with van der Waals surface area (Å²) < 4.78 is 1.09. The van der Waals surface area contributed by atoms with Crippen LogP contribution in [0.1, 0.15) is 18.4 Å². The van der Waals surface area contributed by atoms with Crippen LogP contribution in [0, 0.1) is 5.92 Å². The van der Waals surface area contributed by atoms with Crippen molar-refractivity contribution in [1.82, 2.24) is 4.90 Å². The van der Waals surface area contributed by atoms with Gasteiger partial charge in [0.15, 0.2) is 0 Å². The van der Waals surface area contributed by atoms with E-state index in [-0.39, 0.29) is 11.8 Å². The molecule has 0 aromatic heterocycles. The number of carbonyl (C=O) groups is 1. The zero-order valence-electron chi connectivity index (χ0n) is 16.8. The fourth-order valence-corrected chi connectivity index (χ4v) is 4.96. The van der Waals surface area contributed by atoms with Gasteiger partial charge >= 0.3 is 0 Å². The van der Waals surface area contributed by atoms with E-state index < -0.39 is 0 Å². The Labute approximate surface area is 191 Å². The number of carbonyl (C=O) groups excluding carboxylic acids is 1. The number of para-hydroxylation sites is 1. The lowest BCUT2D eigenvalue weighted by Gasteiger charge is -2.32. The molecule has 0 spiro atoms. The normalized spacial score (nSPS) is 16.9. The second kappa shape index (κ2) is 10.3. The monoisotopic (exact) mass is 480 g/mol. The van der Waals surface area contributed by atoms with Crippen LogP contribution in [0.3, 0.4) is 0 Å². The van der Waals surface area contributed by atoms with Crippen LogP contribution in [0.15, 0.2) is 93.1 Å². The average molecular weight is 481 g/mol. The first-order valence-corrected chi connectivity index (χ1v) is 11.9. The summed E-state index contributed by atoms with van der Waals surface area (Å²) in [6.45, 7) is 2.73. The minimum absolute atomic E-state index is 0.0176. The van der Waals surface area contributed by atoms with E-state index in [1.807, 2.05) is 36.4 Å². The van der Waals surface area contributed by atoms with Crippen molar-refractivity contribution < 1.29 is 4.79 Å². The molecule has 1 atom stereocenters. The maximum atomic E-state index is 13.1. The Morgan fingerprint density at radius 2 is 1.73 bits per heavy atom. The zero-order valence-corrected chi connectivity index (χ0v) is 19.2. The molecule has 1 saturated heterocycles. The van der Waals surface area contributed by atoms with Gasteiger partial charge in [0.1, 0.15) is 0 Å². The maximum absolute atomic E-state index is 13.1. The summed E-state index contributed by atoms with van der Waals surface area (Å²) in [5.41, 5.74) is 2.17. The highest BCUT2D eigenvalue weighted by molar-refractivity contribution is 9.10. The van der Waals surface area contributed by atoms with Gasteiger partial charge in [0.25, 0.3) is 0 Å². The largest absolute Gasteiger partial charge is 0.325 e. The Morgan fingerprint density at radius 1 is 1.00 bits per heavy atom. The Balaban J connectivity index is 1.39. The van der Waals surface area contributed by atoms with Crippen molar-refractivity contribution in [3.8, 4) is 0 Å².